The van der Waals surface area contributed by atoms with Gasteiger partial charge >= 0.3 is 5.97 Å². The van der Waals surface area contributed by atoms with Crippen LogP contribution >= 0.6 is 35.0 Å². The third-order valence-corrected chi connectivity index (χ3v) is 5.92. The lowest BCUT2D eigenvalue weighted by Crippen LogP contribution is -2.30. The number of halogens is 2. The van der Waals surface area contributed by atoms with Crippen LogP contribution < -0.4 is 4.74 Å². The first-order chi connectivity index (χ1) is 11.8. The molecule has 0 saturated carbocycles. The summed E-state index contributed by atoms with van der Waals surface area (Å²) in [6.07, 6.45) is 1.20. The van der Waals surface area contributed by atoms with E-state index in [4.69, 9.17) is 27.9 Å². The number of aliphatic carboxylic acids is 1. The first kappa shape index (κ1) is 20.0. The molecule has 0 spiro atoms. The molecule has 0 aromatic heterocycles. The van der Waals surface area contributed by atoms with Crippen molar-refractivity contribution in [2.75, 3.05) is 6.61 Å². The van der Waals surface area contributed by atoms with Crippen LogP contribution in [0.25, 0.3) is 0 Å². The zero-order valence-electron chi connectivity index (χ0n) is 14.1. The van der Waals surface area contributed by atoms with Crippen molar-refractivity contribution < 1.29 is 14.6 Å². The number of thioether (sulfide) groups is 1. The van der Waals surface area contributed by atoms with Crippen LogP contribution in [0.3, 0.4) is 0 Å². The average molecular weight is 399 g/mol. The summed E-state index contributed by atoms with van der Waals surface area (Å²) in [6.45, 7) is 4.08. The number of carbonyl (C=O) groups is 1. The molecule has 0 aliphatic carbocycles. The molecule has 2 aromatic carbocycles. The number of hydrogen-bond acceptors (Lipinski definition) is 3. The summed E-state index contributed by atoms with van der Waals surface area (Å²) in [4.78, 5) is 12.3. The van der Waals surface area contributed by atoms with E-state index in [1.165, 1.54) is 11.8 Å². The molecule has 0 aliphatic rings. The Bertz CT molecular complexity index is 751. The van der Waals surface area contributed by atoms with Crippen molar-refractivity contribution in [3.05, 3.63) is 58.1 Å². The molecule has 134 valence electrons. The molecule has 1 unspecified atom stereocenters. The van der Waals surface area contributed by atoms with E-state index in [2.05, 4.69) is 0 Å². The lowest BCUT2D eigenvalue weighted by Gasteiger charge is -2.22. The summed E-state index contributed by atoms with van der Waals surface area (Å²) in [6, 6.07) is 12.9. The van der Waals surface area contributed by atoms with E-state index in [9.17, 15) is 9.90 Å². The third-order valence-electron chi connectivity index (χ3n) is 3.93. The predicted molar refractivity (Wildman–Crippen MR) is 104 cm³/mol. The summed E-state index contributed by atoms with van der Waals surface area (Å²) in [5.41, 5.74) is 0.973. The zero-order chi connectivity index (χ0) is 18.4. The fourth-order valence-electron chi connectivity index (χ4n) is 2.16. The van der Waals surface area contributed by atoms with Gasteiger partial charge in [0.05, 0.1) is 6.61 Å². The average Bonchev–Trinajstić information content (AvgIpc) is 2.57. The molecule has 1 atom stereocenters. The van der Waals surface area contributed by atoms with Gasteiger partial charge in [-0.15, -0.1) is 11.8 Å². The van der Waals surface area contributed by atoms with E-state index in [-0.39, 0.29) is 0 Å². The molecule has 2 aromatic rings. The van der Waals surface area contributed by atoms with Gasteiger partial charge < -0.3 is 9.84 Å². The minimum atomic E-state index is -0.852. The minimum Gasteiger partial charge on any atom is -0.493 e. The maximum Gasteiger partial charge on any atom is 0.319 e. The topological polar surface area (TPSA) is 46.5 Å². The van der Waals surface area contributed by atoms with Crippen LogP contribution in [0.15, 0.2) is 47.4 Å². The Hall–Kier alpha value is -1.36. The zero-order valence-corrected chi connectivity index (χ0v) is 16.4. The SMILES string of the molecule is CCC(C)(Sc1cccc(OCCc2ccc(Cl)cc2Cl)c1)C(=O)O. The summed E-state index contributed by atoms with van der Waals surface area (Å²) in [7, 11) is 0. The lowest BCUT2D eigenvalue weighted by atomic mass is 10.1. The van der Waals surface area contributed by atoms with Gasteiger partial charge in [-0.25, -0.2) is 0 Å². The number of rotatable bonds is 8. The van der Waals surface area contributed by atoms with Crippen molar-refractivity contribution in [2.24, 2.45) is 0 Å². The smallest absolute Gasteiger partial charge is 0.319 e. The molecule has 0 aliphatic heterocycles. The molecule has 6 heteroatoms. The van der Waals surface area contributed by atoms with Crippen LogP contribution in [0.4, 0.5) is 0 Å². The minimum absolute atomic E-state index is 0.472. The van der Waals surface area contributed by atoms with Crippen LogP contribution in [0, 0.1) is 0 Å². The van der Waals surface area contributed by atoms with Crippen molar-refractivity contribution in [3.63, 3.8) is 0 Å². The Morgan fingerprint density at radius 2 is 2.00 bits per heavy atom. The number of benzene rings is 2. The molecule has 25 heavy (non-hydrogen) atoms. The molecule has 2 rings (SSSR count). The Morgan fingerprint density at radius 1 is 1.24 bits per heavy atom. The maximum absolute atomic E-state index is 11.5. The Morgan fingerprint density at radius 3 is 2.64 bits per heavy atom. The highest BCUT2D eigenvalue weighted by Gasteiger charge is 2.32. The quantitative estimate of drug-likeness (QED) is 0.557. The normalized spacial score (nSPS) is 13.3. The molecule has 0 heterocycles. The van der Waals surface area contributed by atoms with E-state index in [0.717, 1.165) is 10.5 Å². The standard InChI is InChI=1S/C19H20Cl2O3S/c1-3-19(2,18(22)23)25-16-6-4-5-15(12-16)24-10-9-13-7-8-14(20)11-17(13)21/h4-8,11-12H,3,9-10H2,1-2H3,(H,22,23). The molecule has 1 N–H and O–H groups in total. The second-order valence-electron chi connectivity index (χ2n) is 5.80. The highest BCUT2D eigenvalue weighted by molar-refractivity contribution is 8.01. The van der Waals surface area contributed by atoms with Gasteiger partial charge in [0.1, 0.15) is 10.5 Å². The molecule has 0 fully saturated rings. The molecule has 0 saturated heterocycles. The van der Waals surface area contributed by atoms with Crippen LogP contribution in [0.5, 0.6) is 5.75 Å². The van der Waals surface area contributed by atoms with Gasteiger partial charge in [-0.05, 0) is 49.2 Å². The molecule has 0 bridgehead atoms. The van der Waals surface area contributed by atoms with Crippen LogP contribution in [0.1, 0.15) is 25.8 Å². The highest BCUT2D eigenvalue weighted by atomic mass is 35.5. The van der Waals surface area contributed by atoms with Crippen LogP contribution in [-0.2, 0) is 11.2 Å². The maximum atomic E-state index is 11.5. The molecular weight excluding hydrogens is 379 g/mol. The second kappa shape index (κ2) is 8.84. The van der Waals surface area contributed by atoms with Crippen molar-refractivity contribution in [1.29, 1.82) is 0 Å². The Kier molecular flexibility index (Phi) is 7.05. The van der Waals surface area contributed by atoms with Gasteiger partial charge in [0.2, 0.25) is 0 Å². The summed E-state index contributed by atoms with van der Waals surface area (Å²) in [5, 5.41) is 10.6. The van der Waals surface area contributed by atoms with Crippen LogP contribution in [0.2, 0.25) is 10.0 Å². The number of carboxylic acids is 1. The number of carboxylic acid groups (broad SMARTS) is 1. The summed E-state index contributed by atoms with van der Waals surface area (Å²) >= 11 is 13.4. The number of ether oxygens (including phenoxy) is 1. The molecule has 0 radical (unpaired) electrons. The van der Waals surface area contributed by atoms with Gasteiger partial charge in [0, 0.05) is 21.4 Å². The fraction of sp³-hybridized carbons (Fsp3) is 0.316. The van der Waals surface area contributed by atoms with Gasteiger partial charge in [0.15, 0.2) is 0 Å². The van der Waals surface area contributed by atoms with Crippen molar-refractivity contribution in [3.8, 4) is 5.75 Å². The lowest BCUT2D eigenvalue weighted by molar-refractivity contribution is -0.139. The number of hydrogen-bond donors (Lipinski definition) is 1. The van der Waals surface area contributed by atoms with E-state index >= 15 is 0 Å². The van der Waals surface area contributed by atoms with Gasteiger partial charge in [0.25, 0.3) is 0 Å². The van der Waals surface area contributed by atoms with E-state index in [1.807, 2.05) is 37.3 Å². The Balaban J connectivity index is 1.98. The monoisotopic (exact) mass is 398 g/mol. The third kappa shape index (κ3) is 5.56. The molecular formula is C19H20Cl2O3S. The second-order valence-corrected chi connectivity index (χ2v) is 8.22. The Labute approximate surface area is 162 Å². The predicted octanol–water partition coefficient (Wildman–Crippen LogP) is 5.96. The first-order valence-electron chi connectivity index (χ1n) is 7.93. The summed E-state index contributed by atoms with van der Waals surface area (Å²) in [5.74, 6) is -0.109. The van der Waals surface area contributed by atoms with Crippen molar-refractivity contribution >= 4 is 40.9 Å². The fourth-order valence-corrected chi connectivity index (χ4v) is 3.73. The summed E-state index contributed by atoms with van der Waals surface area (Å²) < 4.78 is 4.94. The van der Waals surface area contributed by atoms with Gasteiger partial charge in [-0.3, -0.25) is 4.79 Å². The van der Waals surface area contributed by atoms with Crippen molar-refractivity contribution in [1.82, 2.24) is 0 Å². The van der Waals surface area contributed by atoms with E-state index < -0.39 is 10.7 Å². The van der Waals surface area contributed by atoms with E-state index in [1.54, 1.807) is 19.1 Å². The van der Waals surface area contributed by atoms with Crippen molar-refractivity contribution in [2.45, 2.75) is 36.3 Å². The van der Waals surface area contributed by atoms with E-state index in [0.29, 0.717) is 35.2 Å². The molecule has 0 amide bonds. The van der Waals surface area contributed by atoms with Crippen LogP contribution in [-0.4, -0.2) is 22.4 Å². The van der Waals surface area contributed by atoms with Gasteiger partial charge in [-0.2, -0.15) is 0 Å². The highest BCUT2D eigenvalue weighted by Crippen LogP contribution is 2.37. The first-order valence-corrected chi connectivity index (χ1v) is 9.50. The molecule has 3 nitrogen and oxygen atoms in total. The van der Waals surface area contributed by atoms with Gasteiger partial charge in [-0.1, -0.05) is 42.3 Å². The largest absolute Gasteiger partial charge is 0.493 e.